The van der Waals surface area contributed by atoms with E-state index in [2.05, 4.69) is 38.7 Å². The molecule has 0 atom stereocenters. The number of nitrogens with zero attached hydrogens (tertiary/aromatic N) is 7. The van der Waals surface area contributed by atoms with Crippen molar-refractivity contribution in [3.05, 3.63) is 48.0 Å². The number of nitrogens with one attached hydrogen (secondary N) is 1. The fourth-order valence-corrected chi connectivity index (χ4v) is 7.56. The van der Waals surface area contributed by atoms with Crippen molar-refractivity contribution in [3.63, 3.8) is 0 Å². The van der Waals surface area contributed by atoms with Gasteiger partial charge in [0.15, 0.2) is 11.6 Å². The highest BCUT2D eigenvalue weighted by Gasteiger charge is 2.31. The Balaban J connectivity index is 1.06. The van der Waals surface area contributed by atoms with E-state index in [1.165, 1.54) is 11.0 Å². The number of piperidine rings is 1. The number of ether oxygens (including phenoxy) is 1. The molecule has 224 valence electrons. The van der Waals surface area contributed by atoms with E-state index in [-0.39, 0.29) is 17.7 Å². The first-order valence-electron chi connectivity index (χ1n) is 15.1. The van der Waals surface area contributed by atoms with Crippen molar-refractivity contribution in [3.8, 4) is 11.4 Å². The van der Waals surface area contributed by atoms with Gasteiger partial charge in [-0.25, -0.2) is 9.97 Å². The van der Waals surface area contributed by atoms with Crippen LogP contribution in [-0.4, -0.2) is 112 Å². The third-order valence-corrected chi connectivity index (χ3v) is 9.94. The summed E-state index contributed by atoms with van der Waals surface area (Å²) in [4.78, 5) is 45.0. The molecule has 3 saturated heterocycles. The van der Waals surface area contributed by atoms with E-state index in [1.54, 1.807) is 16.2 Å². The predicted octanol–water partition coefficient (Wildman–Crippen LogP) is 3.14. The number of likely N-dealkylation sites (tertiary alicyclic amines) is 1. The van der Waals surface area contributed by atoms with Gasteiger partial charge in [0.1, 0.15) is 0 Å². The predicted molar refractivity (Wildman–Crippen MR) is 167 cm³/mol. The topological polar surface area (TPSA) is 111 Å². The fourth-order valence-electron chi connectivity index (χ4n) is 6.41. The molecular weight excluding hydrogens is 564 g/mol. The number of piperazine rings is 1. The maximum absolute atomic E-state index is 13.2. The van der Waals surface area contributed by atoms with Crippen molar-refractivity contribution in [1.82, 2.24) is 34.9 Å². The number of benzene rings is 1. The summed E-state index contributed by atoms with van der Waals surface area (Å²) in [5.41, 5.74) is 2.90. The van der Waals surface area contributed by atoms with Crippen molar-refractivity contribution in [2.75, 3.05) is 70.5 Å². The van der Waals surface area contributed by atoms with Crippen LogP contribution in [0.25, 0.3) is 32.5 Å². The summed E-state index contributed by atoms with van der Waals surface area (Å²) < 4.78 is 6.75. The molecule has 3 aliphatic heterocycles. The van der Waals surface area contributed by atoms with Crippen molar-refractivity contribution in [2.45, 2.75) is 19.4 Å². The Bertz CT molecular complexity index is 1650. The van der Waals surface area contributed by atoms with E-state index >= 15 is 0 Å². The molecule has 6 heterocycles. The quantitative estimate of drug-likeness (QED) is 0.336. The summed E-state index contributed by atoms with van der Waals surface area (Å²) >= 11 is 1.77. The molecule has 12 heteroatoms. The highest BCUT2D eigenvalue weighted by atomic mass is 32.1. The normalized spacial score (nSPS) is 18.9. The van der Waals surface area contributed by atoms with Gasteiger partial charge in [0.25, 0.3) is 0 Å². The van der Waals surface area contributed by atoms with Gasteiger partial charge in [0.2, 0.25) is 11.8 Å². The molecule has 3 fully saturated rings. The van der Waals surface area contributed by atoms with Gasteiger partial charge in [-0.1, -0.05) is 18.7 Å². The molecule has 2 amide bonds. The molecular formula is C31H36N8O3S. The van der Waals surface area contributed by atoms with E-state index in [1.807, 2.05) is 23.2 Å². The number of rotatable bonds is 6. The van der Waals surface area contributed by atoms with Crippen molar-refractivity contribution in [1.29, 1.82) is 0 Å². The zero-order valence-corrected chi connectivity index (χ0v) is 25.0. The monoisotopic (exact) mass is 600 g/mol. The highest BCUT2D eigenvalue weighted by molar-refractivity contribution is 7.19. The van der Waals surface area contributed by atoms with E-state index in [0.717, 1.165) is 78.1 Å². The average molecular weight is 601 g/mol. The fraction of sp³-hybridized carbons (Fsp3) is 0.452. The molecule has 0 aliphatic carbocycles. The second-order valence-electron chi connectivity index (χ2n) is 11.4. The van der Waals surface area contributed by atoms with Crippen LogP contribution in [0.4, 0.5) is 5.82 Å². The zero-order chi connectivity index (χ0) is 29.3. The summed E-state index contributed by atoms with van der Waals surface area (Å²) in [5, 5.41) is 8.30. The first-order chi connectivity index (χ1) is 21.1. The van der Waals surface area contributed by atoms with E-state index in [4.69, 9.17) is 14.7 Å². The maximum Gasteiger partial charge on any atom is 0.246 e. The Kier molecular flexibility index (Phi) is 7.81. The van der Waals surface area contributed by atoms with Gasteiger partial charge in [0.05, 0.1) is 35.1 Å². The highest BCUT2D eigenvalue weighted by Crippen LogP contribution is 2.36. The minimum absolute atomic E-state index is 0.0484. The molecule has 11 nitrogen and oxygen atoms in total. The molecule has 3 aliphatic rings. The Labute approximate surface area is 254 Å². The Morgan fingerprint density at radius 3 is 2.56 bits per heavy atom. The smallest absolute Gasteiger partial charge is 0.246 e. The lowest BCUT2D eigenvalue weighted by atomic mass is 9.95. The van der Waals surface area contributed by atoms with Crippen LogP contribution in [0.2, 0.25) is 0 Å². The van der Waals surface area contributed by atoms with Gasteiger partial charge in [-0.15, -0.1) is 11.3 Å². The van der Waals surface area contributed by atoms with Gasteiger partial charge in [-0.05, 0) is 44.1 Å². The van der Waals surface area contributed by atoms with Crippen LogP contribution in [0.15, 0.2) is 43.1 Å². The Morgan fingerprint density at radius 1 is 1.02 bits per heavy atom. The second kappa shape index (κ2) is 12.0. The lowest BCUT2D eigenvalue weighted by Gasteiger charge is -2.38. The van der Waals surface area contributed by atoms with E-state index < -0.39 is 0 Å². The van der Waals surface area contributed by atoms with Gasteiger partial charge in [0, 0.05) is 67.6 Å². The number of carbonyl (C=O) groups excluding carboxylic acids is 2. The number of hydrogen-bond donors (Lipinski definition) is 1. The Hall–Kier alpha value is -3.87. The number of fused-ring (bicyclic) bond motifs is 2. The first kappa shape index (κ1) is 27.9. The molecule has 0 saturated carbocycles. The van der Waals surface area contributed by atoms with Gasteiger partial charge in [-0.2, -0.15) is 5.10 Å². The SMILES string of the molecule is C=CC(=O)N1CCN(C(=O)C2CCN(Cc3cc4nc(-c5cccc6[nH]ncc56)nc(N5CCOCC5)c4s3)CC2)CC1. The van der Waals surface area contributed by atoms with Gasteiger partial charge in [-0.3, -0.25) is 19.6 Å². The van der Waals surface area contributed by atoms with Crippen LogP contribution < -0.4 is 4.90 Å². The standard InChI is InChI=1S/C31H36N8O3S/c1-2-27(40)37-10-12-39(13-11-37)31(41)21-6-8-36(9-7-21)20-22-18-26-28(43-22)30(38-14-16-42-17-15-38)34-29(33-26)23-4-3-5-25-24(23)19-32-35-25/h2-5,18-19,21H,1,6-17,20H2,(H,32,35). The number of aromatic amines is 1. The third kappa shape index (κ3) is 5.62. The molecule has 0 radical (unpaired) electrons. The minimum Gasteiger partial charge on any atom is -0.378 e. The number of morpholine rings is 1. The number of hydrogen-bond acceptors (Lipinski definition) is 9. The summed E-state index contributed by atoms with van der Waals surface area (Å²) in [6.07, 6.45) is 4.89. The molecule has 3 aromatic heterocycles. The molecule has 0 unspecified atom stereocenters. The summed E-state index contributed by atoms with van der Waals surface area (Å²) in [6, 6.07) is 8.29. The van der Waals surface area contributed by atoms with E-state index in [9.17, 15) is 9.59 Å². The van der Waals surface area contributed by atoms with Crippen LogP contribution in [0.5, 0.6) is 0 Å². The lowest BCUT2D eigenvalue weighted by Crippen LogP contribution is -2.52. The average Bonchev–Trinajstić information content (AvgIpc) is 3.71. The van der Waals surface area contributed by atoms with Crippen molar-refractivity contribution >= 4 is 50.1 Å². The van der Waals surface area contributed by atoms with Crippen LogP contribution in [-0.2, 0) is 20.9 Å². The maximum atomic E-state index is 13.2. The van der Waals surface area contributed by atoms with Crippen LogP contribution in [0.1, 0.15) is 17.7 Å². The number of amides is 2. The summed E-state index contributed by atoms with van der Waals surface area (Å²) in [7, 11) is 0. The summed E-state index contributed by atoms with van der Waals surface area (Å²) in [5.74, 6) is 1.90. The van der Waals surface area contributed by atoms with Gasteiger partial charge >= 0.3 is 0 Å². The first-order valence-corrected chi connectivity index (χ1v) is 15.9. The number of anilines is 1. The molecule has 4 aromatic rings. The van der Waals surface area contributed by atoms with Crippen molar-refractivity contribution < 1.29 is 14.3 Å². The minimum atomic E-state index is -0.0590. The molecule has 43 heavy (non-hydrogen) atoms. The summed E-state index contributed by atoms with van der Waals surface area (Å²) in [6.45, 7) is 11.5. The second-order valence-corrected chi connectivity index (χ2v) is 12.6. The number of carbonyl (C=O) groups is 2. The molecule has 1 aromatic carbocycles. The Morgan fingerprint density at radius 2 is 1.79 bits per heavy atom. The molecule has 1 N–H and O–H groups in total. The van der Waals surface area contributed by atoms with Crippen LogP contribution in [0, 0.1) is 5.92 Å². The van der Waals surface area contributed by atoms with E-state index in [0.29, 0.717) is 45.2 Å². The number of thiophene rings is 1. The van der Waals surface area contributed by atoms with Crippen molar-refractivity contribution in [2.24, 2.45) is 5.92 Å². The van der Waals surface area contributed by atoms with Crippen LogP contribution >= 0.6 is 11.3 Å². The largest absolute Gasteiger partial charge is 0.378 e. The number of aromatic nitrogens is 4. The molecule has 0 spiro atoms. The van der Waals surface area contributed by atoms with Crippen LogP contribution in [0.3, 0.4) is 0 Å². The lowest BCUT2D eigenvalue weighted by molar-refractivity contribution is -0.141. The molecule has 7 rings (SSSR count). The third-order valence-electron chi connectivity index (χ3n) is 8.83. The zero-order valence-electron chi connectivity index (χ0n) is 24.2. The van der Waals surface area contributed by atoms with Gasteiger partial charge < -0.3 is 19.4 Å². The number of H-pyrrole nitrogens is 1. The molecule has 0 bridgehead atoms.